The van der Waals surface area contributed by atoms with Gasteiger partial charge in [-0.15, -0.1) is 0 Å². The van der Waals surface area contributed by atoms with Gasteiger partial charge in [0, 0.05) is 0 Å². The van der Waals surface area contributed by atoms with Crippen LogP contribution in [0.2, 0.25) is 0 Å². The Morgan fingerprint density at radius 1 is 1.30 bits per heavy atom. The molecule has 1 aliphatic carbocycles. The minimum absolute atomic E-state index is 0.759. The van der Waals surface area contributed by atoms with Crippen LogP contribution in [0.4, 0.5) is 0 Å². The third-order valence-corrected chi connectivity index (χ3v) is 2.38. The van der Waals surface area contributed by atoms with Crippen molar-refractivity contribution in [3.8, 4) is 0 Å². The van der Waals surface area contributed by atoms with E-state index in [1.54, 1.807) is 5.57 Å². The van der Waals surface area contributed by atoms with Crippen LogP contribution in [0, 0.1) is 11.8 Å². The van der Waals surface area contributed by atoms with Crippen LogP contribution in [0.3, 0.4) is 0 Å². The van der Waals surface area contributed by atoms with Crippen molar-refractivity contribution in [2.24, 2.45) is 11.8 Å². The maximum absolute atomic E-state index is 2.31. The van der Waals surface area contributed by atoms with Gasteiger partial charge in [0.15, 0.2) is 0 Å². The van der Waals surface area contributed by atoms with E-state index in [1.807, 2.05) is 0 Å². The fourth-order valence-electron chi connectivity index (χ4n) is 1.23. The van der Waals surface area contributed by atoms with Gasteiger partial charge >= 0.3 is 0 Å². The molecule has 1 unspecified atom stereocenters. The molecule has 56 valence electrons. The Bertz CT molecular complexity index is 161. The zero-order chi connectivity index (χ0) is 7.56. The minimum Gasteiger partial charge on any atom is -0.0805 e. The van der Waals surface area contributed by atoms with Gasteiger partial charge in [-0.3, -0.25) is 0 Å². The molecule has 0 aromatic carbocycles. The predicted octanol–water partition coefficient (Wildman–Crippen LogP) is 3.16. The lowest BCUT2D eigenvalue weighted by Gasteiger charge is -2.16. The maximum Gasteiger partial charge on any atom is -0.0130 e. The quantitative estimate of drug-likeness (QED) is 0.547. The average molecular weight is 136 g/mol. The molecule has 0 aromatic heterocycles. The highest BCUT2D eigenvalue weighted by molar-refractivity contribution is 5.24. The van der Waals surface area contributed by atoms with E-state index in [0.717, 1.165) is 11.8 Å². The van der Waals surface area contributed by atoms with E-state index < -0.39 is 0 Å². The second-order valence-electron chi connectivity index (χ2n) is 3.41. The van der Waals surface area contributed by atoms with Crippen molar-refractivity contribution in [1.82, 2.24) is 0 Å². The molecule has 0 N–H and O–H groups in total. The maximum atomic E-state index is 2.31. The lowest BCUT2D eigenvalue weighted by atomic mass is 9.89. The summed E-state index contributed by atoms with van der Waals surface area (Å²) < 4.78 is 0. The Balaban J connectivity index is 2.50. The molecule has 0 heteroatoms. The molecule has 10 heavy (non-hydrogen) atoms. The lowest BCUT2D eigenvalue weighted by molar-refractivity contribution is 0.475. The highest BCUT2D eigenvalue weighted by Crippen LogP contribution is 2.25. The fraction of sp³-hybridized carbons (Fsp3) is 0.600. The third-order valence-electron chi connectivity index (χ3n) is 2.38. The second-order valence-corrected chi connectivity index (χ2v) is 3.41. The van der Waals surface area contributed by atoms with Gasteiger partial charge in [-0.1, -0.05) is 44.6 Å². The normalized spacial score (nSPS) is 19.8. The Morgan fingerprint density at radius 3 is 2.40 bits per heavy atom. The Kier molecular flexibility index (Phi) is 2.31. The molecular weight excluding hydrogens is 120 g/mol. The Hall–Kier alpha value is -0.520. The summed E-state index contributed by atoms with van der Waals surface area (Å²) in [5.41, 5.74) is 1.59. The molecule has 0 nitrogen and oxygen atoms in total. The highest BCUT2D eigenvalue weighted by atomic mass is 14.2. The van der Waals surface area contributed by atoms with Gasteiger partial charge in [-0.25, -0.2) is 0 Å². The third kappa shape index (κ3) is 1.50. The first-order chi connectivity index (χ1) is 4.72. The van der Waals surface area contributed by atoms with Crippen molar-refractivity contribution in [3.63, 3.8) is 0 Å². The fourth-order valence-corrected chi connectivity index (χ4v) is 1.23. The van der Waals surface area contributed by atoms with Crippen LogP contribution in [-0.2, 0) is 0 Å². The van der Waals surface area contributed by atoms with Crippen LogP contribution in [-0.4, -0.2) is 0 Å². The van der Waals surface area contributed by atoms with Crippen molar-refractivity contribution in [2.45, 2.75) is 27.2 Å². The summed E-state index contributed by atoms with van der Waals surface area (Å²) in [5, 5.41) is 0. The molecule has 0 bridgehead atoms. The summed E-state index contributed by atoms with van der Waals surface area (Å²) in [6.45, 7) is 6.87. The zero-order valence-electron chi connectivity index (χ0n) is 7.09. The first-order valence-corrected chi connectivity index (χ1v) is 4.07. The van der Waals surface area contributed by atoms with Crippen molar-refractivity contribution in [1.29, 1.82) is 0 Å². The molecule has 1 rings (SSSR count). The largest absolute Gasteiger partial charge is 0.0805 e. The highest BCUT2D eigenvalue weighted by Gasteiger charge is 2.12. The SMILES string of the molecule is CC(C)C(C)C1=CC=CC1. The first-order valence-electron chi connectivity index (χ1n) is 4.07. The van der Waals surface area contributed by atoms with Gasteiger partial charge in [0.1, 0.15) is 0 Å². The smallest absolute Gasteiger partial charge is 0.0130 e. The molecule has 1 atom stereocenters. The Morgan fingerprint density at radius 2 is 2.00 bits per heavy atom. The van der Waals surface area contributed by atoms with Gasteiger partial charge in [0.25, 0.3) is 0 Å². The zero-order valence-corrected chi connectivity index (χ0v) is 7.09. The topological polar surface area (TPSA) is 0 Å². The second kappa shape index (κ2) is 3.05. The van der Waals surface area contributed by atoms with Crippen molar-refractivity contribution < 1.29 is 0 Å². The number of hydrogen-bond donors (Lipinski definition) is 0. The lowest BCUT2D eigenvalue weighted by Crippen LogP contribution is -2.05. The molecule has 0 heterocycles. The van der Waals surface area contributed by atoms with Crippen LogP contribution in [0.15, 0.2) is 23.8 Å². The van der Waals surface area contributed by atoms with E-state index in [2.05, 4.69) is 39.0 Å². The van der Waals surface area contributed by atoms with E-state index >= 15 is 0 Å². The van der Waals surface area contributed by atoms with Gasteiger partial charge in [-0.05, 0) is 18.3 Å². The minimum atomic E-state index is 0.759. The summed E-state index contributed by atoms with van der Waals surface area (Å²) in [7, 11) is 0. The molecular formula is C10H16. The van der Waals surface area contributed by atoms with Crippen LogP contribution < -0.4 is 0 Å². The molecule has 0 spiro atoms. The molecule has 0 amide bonds. The first kappa shape index (κ1) is 7.59. The molecule has 0 radical (unpaired) electrons. The van der Waals surface area contributed by atoms with Gasteiger partial charge < -0.3 is 0 Å². The average Bonchev–Trinajstić information content (AvgIpc) is 2.36. The van der Waals surface area contributed by atoms with E-state index in [9.17, 15) is 0 Å². The van der Waals surface area contributed by atoms with E-state index in [1.165, 1.54) is 6.42 Å². The number of hydrogen-bond acceptors (Lipinski definition) is 0. The number of allylic oxidation sites excluding steroid dienone is 4. The molecule has 1 aliphatic rings. The van der Waals surface area contributed by atoms with Crippen LogP contribution in [0.1, 0.15) is 27.2 Å². The summed E-state index contributed by atoms with van der Waals surface area (Å²) >= 11 is 0. The number of rotatable bonds is 2. The van der Waals surface area contributed by atoms with Crippen molar-refractivity contribution in [3.05, 3.63) is 23.8 Å². The molecule has 0 fully saturated rings. The van der Waals surface area contributed by atoms with Crippen molar-refractivity contribution in [2.75, 3.05) is 0 Å². The summed E-state index contributed by atoms with van der Waals surface area (Å²) in [4.78, 5) is 0. The van der Waals surface area contributed by atoms with Crippen LogP contribution >= 0.6 is 0 Å². The standard InChI is InChI=1S/C10H16/c1-8(2)9(3)10-6-4-5-7-10/h4-6,8-9H,7H2,1-3H3. The monoisotopic (exact) mass is 136 g/mol. The Labute approximate surface area is 63.6 Å². The summed E-state index contributed by atoms with van der Waals surface area (Å²) in [6, 6.07) is 0. The van der Waals surface area contributed by atoms with Crippen molar-refractivity contribution >= 4 is 0 Å². The van der Waals surface area contributed by atoms with E-state index in [-0.39, 0.29) is 0 Å². The molecule has 0 aromatic rings. The molecule has 0 saturated heterocycles. The summed E-state index contributed by atoms with van der Waals surface area (Å²) in [5.74, 6) is 1.54. The van der Waals surface area contributed by atoms with Crippen LogP contribution in [0.25, 0.3) is 0 Å². The summed E-state index contributed by atoms with van der Waals surface area (Å²) in [6.07, 6.45) is 7.83. The van der Waals surface area contributed by atoms with Crippen LogP contribution in [0.5, 0.6) is 0 Å². The predicted molar refractivity (Wildman–Crippen MR) is 45.8 cm³/mol. The van der Waals surface area contributed by atoms with Gasteiger partial charge in [-0.2, -0.15) is 0 Å². The van der Waals surface area contributed by atoms with Gasteiger partial charge in [0.05, 0.1) is 0 Å². The van der Waals surface area contributed by atoms with E-state index in [4.69, 9.17) is 0 Å². The molecule has 0 aliphatic heterocycles. The molecule has 0 saturated carbocycles. The van der Waals surface area contributed by atoms with Gasteiger partial charge in [0.2, 0.25) is 0 Å². The van der Waals surface area contributed by atoms with E-state index in [0.29, 0.717) is 0 Å².